The van der Waals surface area contributed by atoms with E-state index in [1.54, 1.807) is 19.2 Å². The van der Waals surface area contributed by atoms with Crippen LogP contribution in [0.4, 0.5) is 5.69 Å². The van der Waals surface area contributed by atoms with Crippen LogP contribution in [0.2, 0.25) is 0 Å². The normalized spacial score (nSPS) is 10.6. The zero-order valence-electron chi connectivity index (χ0n) is 13.9. The van der Waals surface area contributed by atoms with Crippen LogP contribution in [-0.2, 0) is 4.79 Å². The second-order valence-corrected chi connectivity index (χ2v) is 6.60. The number of alkyl halides is 2. The Balaban J connectivity index is 1.82. The zero-order chi connectivity index (χ0) is 18.5. The summed E-state index contributed by atoms with van der Waals surface area (Å²) in [6.07, 6.45) is 0. The topological polar surface area (TPSA) is 51.2 Å². The highest BCUT2D eigenvalue weighted by molar-refractivity contribution is 6.54. The molecule has 0 aliphatic heterocycles. The molecule has 0 bridgehead atoms. The van der Waals surface area contributed by atoms with Crippen molar-refractivity contribution in [1.82, 2.24) is 4.98 Å². The van der Waals surface area contributed by atoms with Gasteiger partial charge in [-0.3, -0.25) is 4.79 Å². The fraction of sp³-hybridized carbons (Fsp3) is 0.100. The molecule has 0 radical (unpaired) electrons. The molecular formula is C20H16Cl2N2O2. The molecule has 0 atom stereocenters. The first-order valence-electron chi connectivity index (χ1n) is 7.88. The summed E-state index contributed by atoms with van der Waals surface area (Å²) in [5.74, 6) is 0.347. The fourth-order valence-corrected chi connectivity index (χ4v) is 2.55. The summed E-state index contributed by atoms with van der Waals surface area (Å²) in [4.78, 5) is 15.1. The van der Waals surface area contributed by atoms with Crippen molar-refractivity contribution >= 4 is 34.8 Å². The van der Waals surface area contributed by atoms with Gasteiger partial charge in [0.25, 0.3) is 5.91 Å². The van der Waals surface area contributed by atoms with E-state index in [0.29, 0.717) is 5.69 Å². The average molecular weight is 387 g/mol. The van der Waals surface area contributed by atoms with Crippen molar-refractivity contribution < 1.29 is 9.53 Å². The number of nitrogens with one attached hydrogen (secondary N) is 1. The van der Waals surface area contributed by atoms with Crippen LogP contribution in [0, 0.1) is 0 Å². The Labute approximate surface area is 161 Å². The summed E-state index contributed by atoms with van der Waals surface area (Å²) in [7, 11) is 1.64. The number of amides is 1. The van der Waals surface area contributed by atoms with Crippen LogP contribution in [0.5, 0.6) is 5.75 Å². The predicted molar refractivity (Wildman–Crippen MR) is 106 cm³/mol. The van der Waals surface area contributed by atoms with Gasteiger partial charge in [-0.25, -0.2) is 4.98 Å². The van der Waals surface area contributed by atoms with Crippen LogP contribution >= 0.6 is 23.2 Å². The molecule has 0 fully saturated rings. The summed E-state index contributed by atoms with van der Waals surface area (Å²) in [6, 6.07) is 20.9. The summed E-state index contributed by atoms with van der Waals surface area (Å²) in [5, 5.41) is 2.63. The quantitative estimate of drug-likeness (QED) is 0.615. The Kier molecular flexibility index (Phi) is 5.76. The second kappa shape index (κ2) is 8.21. The number of hydrogen-bond acceptors (Lipinski definition) is 3. The van der Waals surface area contributed by atoms with Gasteiger partial charge < -0.3 is 10.1 Å². The summed E-state index contributed by atoms with van der Waals surface area (Å²) >= 11 is 11.1. The molecule has 26 heavy (non-hydrogen) atoms. The maximum absolute atomic E-state index is 11.5. The van der Waals surface area contributed by atoms with E-state index >= 15 is 0 Å². The standard InChI is InChI=1S/C20H16Cl2N2O2/c1-26-16-11-7-14(8-12-16)18-4-2-3-17(24-18)13-5-9-15(10-6-13)23-20(25)19(21)22/h2-12,19H,1H3,(H,23,25). The van der Waals surface area contributed by atoms with Crippen molar-refractivity contribution in [3.05, 3.63) is 66.7 Å². The number of anilines is 1. The van der Waals surface area contributed by atoms with Gasteiger partial charge in [0, 0.05) is 16.8 Å². The van der Waals surface area contributed by atoms with Gasteiger partial charge in [0.2, 0.25) is 0 Å². The molecule has 3 aromatic rings. The number of aromatic nitrogens is 1. The minimum Gasteiger partial charge on any atom is -0.497 e. The van der Waals surface area contributed by atoms with Gasteiger partial charge in [-0.1, -0.05) is 41.4 Å². The molecule has 6 heteroatoms. The van der Waals surface area contributed by atoms with E-state index in [9.17, 15) is 4.79 Å². The molecule has 0 aliphatic carbocycles. The molecule has 1 N–H and O–H groups in total. The molecule has 2 aromatic carbocycles. The number of halogens is 2. The van der Waals surface area contributed by atoms with E-state index in [-0.39, 0.29) is 0 Å². The largest absolute Gasteiger partial charge is 0.497 e. The van der Waals surface area contributed by atoms with Crippen molar-refractivity contribution in [2.24, 2.45) is 0 Å². The number of hydrogen-bond donors (Lipinski definition) is 1. The van der Waals surface area contributed by atoms with Gasteiger partial charge in [-0.05, 0) is 48.5 Å². The van der Waals surface area contributed by atoms with E-state index in [0.717, 1.165) is 28.3 Å². The molecule has 1 aromatic heterocycles. The summed E-state index contributed by atoms with van der Waals surface area (Å²) < 4.78 is 5.18. The lowest BCUT2D eigenvalue weighted by atomic mass is 10.1. The molecule has 1 amide bonds. The van der Waals surface area contributed by atoms with Gasteiger partial charge in [0.1, 0.15) is 5.75 Å². The minimum atomic E-state index is -1.10. The van der Waals surface area contributed by atoms with Crippen LogP contribution in [0.1, 0.15) is 0 Å². The first-order chi connectivity index (χ1) is 12.6. The molecule has 0 unspecified atom stereocenters. The number of ether oxygens (including phenoxy) is 1. The maximum atomic E-state index is 11.5. The molecule has 4 nitrogen and oxygen atoms in total. The Morgan fingerprint density at radius 3 is 1.96 bits per heavy atom. The van der Waals surface area contributed by atoms with Crippen molar-refractivity contribution in [3.63, 3.8) is 0 Å². The lowest BCUT2D eigenvalue weighted by Crippen LogP contribution is -2.18. The number of nitrogens with zero attached hydrogens (tertiary/aromatic N) is 1. The Bertz CT molecular complexity index is 894. The summed E-state index contributed by atoms with van der Waals surface area (Å²) in [6.45, 7) is 0. The monoisotopic (exact) mass is 386 g/mol. The number of methoxy groups -OCH3 is 1. The molecule has 3 rings (SSSR count). The molecule has 0 saturated heterocycles. The molecule has 132 valence electrons. The molecule has 0 spiro atoms. The number of carbonyl (C=O) groups is 1. The van der Waals surface area contributed by atoms with E-state index in [4.69, 9.17) is 32.9 Å². The maximum Gasteiger partial charge on any atom is 0.257 e. The van der Waals surface area contributed by atoms with Crippen molar-refractivity contribution in [2.45, 2.75) is 4.84 Å². The third kappa shape index (κ3) is 4.34. The first-order valence-corrected chi connectivity index (χ1v) is 8.75. The number of pyridine rings is 1. The average Bonchev–Trinajstić information content (AvgIpc) is 2.68. The lowest BCUT2D eigenvalue weighted by Gasteiger charge is -2.08. The highest BCUT2D eigenvalue weighted by Gasteiger charge is 2.11. The highest BCUT2D eigenvalue weighted by atomic mass is 35.5. The van der Waals surface area contributed by atoms with Gasteiger partial charge in [-0.15, -0.1) is 0 Å². The van der Waals surface area contributed by atoms with E-state index in [1.807, 2.05) is 54.6 Å². The molecule has 0 saturated carbocycles. The minimum absolute atomic E-state index is 0.458. The van der Waals surface area contributed by atoms with Gasteiger partial charge in [-0.2, -0.15) is 0 Å². The molecule has 1 heterocycles. The molecular weight excluding hydrogens is 371 g/mol. The lowest BCUT2D eigenvalue weighted by molar-refractivity contribution is -0.114. The smallest absolute Gasteiger partial charge is 0.257 e. The van der Waals surface area contributed by atoms with E-state index < -0.39 is 10.7 Å². The first kappa shape index (κ1) is 18.2. The SMILES string of the molecule is COc1ccc(-c2cccc(-c3ccc(NC(=O)C(Cl)Cl)cc3)n2)cc1. The van der Waals surface area contributed by atoms with Crippen LogP contribution in [0.25, 0.3) is 22.5 Å². The number of rotatable bonds is 5. The van der Waals surface area contributed by atoms with E-state index in [1.165, 1.54) is 0 Å². The van der Waals surface area contributed by atoms with Crippen LogP contribution in [0.3, 0.4) is 0 Å². The van der Waals surface area contributed by atoms with Crippen molar-refractivity contribution in [3.8, 4) is 28.3 Å². The van der Waals surface area contributed by atoms with Crippen molar-refractivity contribution in [2.75, 3.05) is 12.4 Å². The Morgan fingerprint density at radius 2 is 1.46 bits per heavy atom. The van der Waals surface area contributed by atoms with Gasteiger partial charge >= 0.3 is 0 Å². The zero-order valence-corrected chi connectivity index (χ0v) is 15.5. The third-order valence-electron chi connectivity index (χ3n) is 3.78. The predicted octanol–water partition coefficient (Wildman–Crippen LogP) is 5.17. The fourth-order valence-electron chi connectivity index (χ4n) is 2.44. The van der Waals surface area contributed by atoms with Crippen LogP contribution in [0.15, 0.2) is 66.7 Å². The van der Waals surface area contributed by atoms with Gasteiger partial charge in [0.15, 0.2) is 4.84 Å². The number of benzene rings is 2. The van der Waals surface area contributed by atoms with Crippen LogP contribution in [-0.4, -0.2) is 22.8 Å². The Morgan fingerprint density at radius 1 is 0.923 bits per heavy atom. The van der Waals surface area contributed by atoms with E-state index in [2.05, 4.69) is 5.32 Å². The second-order valence-electron chi connectivity index (χ2n) is 5.50. The number of carbonyl (C=O) groups excluding carboxylic acids is 1. The van der Waals surface area contributed by atoms with Crippen molar-refractivity contribution in [1.29, 1.82) is 0 Å². The third-order valence-corrected chi connectivity index (χ3v) is 4.18. The molecule has 0 aliphatic rings. The highest BCUT2D eigenvalue weighted by Crippen LogP contribution is 2.25. The Hall–Kier alpha value is -2.56. The van der Waals surface area contributed by atoms with Gasteiger partial charge in [0.05, 0.1) is 18.5 Å². The van der Waals surface area contributed by atoms with Crippen LogP contribution < -0.4 is 10.1 Å². The summed E-state index contributed by atoms with van der Waals surface area (Å²) in [5.41, 5.74) is 4.27.